The number of para-hydroxylation sites is 1. The highest BCUT2D eigenvalue weighted by atomic mass is 16.6. The molecule has 92 heavy (non-hydrogen) atoms. The van der Waals surface area contributed by atoms with Crippen molar-refractivity contribution in [2.24, 2.45) is 17.4 Å². The van der Waals surface area contributed by atoms with Crippen molar-refractivity contribution in [2.75, 3.05) is 177 Å². The van der Waals surface area contributed by atoms with Gasteiger partial charge in [-0.25, -0.2) is 0 Å². The molecule has 7 amide bonds. The smallest absolute Gasteiger partial charge is 0.242 e. The van der Waals surface area contributed by atoms with E-state index in [-0.39, 0.29) is 165 Å². The number of ketones is 1. The summed E-state index contributed by atoms with van der Waals surface area (Å²) >= 11 is 0. The molecule has 0 aromatic heterocycles. The average Bonchev–Trinajstić information content (AvgIpc) is 0.863. The number of nitrogens with one attached hydrogen (secondary N) is 4. The molecule has 0 radical (unpaired) electrons. The normalized spacial score (nSPS) is 12.3. The fourth-order valence-electron chi connectivity index (χ4n) is 9.14. The molecule has 1 aliphatic heterocycles. The van der Waals surface area contributed by atoms with E-state index in [9.17, 15) is 38.4 Å². The van der Waals surface area contributed by atoms with E-state index < -0.39 is 5.91 Å². The second-order valence-electron chi connectivity index (χ2n) is 21.5. The van der Waals surface area contributed by atoms with Gasteiger partial charge >= 0.3 is 0 Å². The number of primary amides is 2. The monoisotopic (exact) mass is 1300 g/mol. The van der Waals surface area contributed by atoms with Crippen LogP contribution in [0, 0.1) is 17.8 Å². The van der Waals surface area contributed by atoms with Crippen LogP contribution < -0.4 is 37.6 Å². The van der Waals surface area contributed by atoms with Crippen LogP contribution in [0.5, 0.6) is 0 Å². The van der Waals surface area contributed by atoms with Gasteiger partial charge in [0.25, 0.3) is 0 Å². The van der Waals surface area contributed by atoms with Gasteiger partial charge in [0.15, 0.2) is 0 Å². The van der Waals surface area contributed by atoms with E-state index in [1.807, 2.05) is 55.5 Å². The molecule has 1 heterocycles. The standard InChI is InChI=1S/C66H104N8O18/c1-3-53(65(67)81)13-5-4-6-17-57(75)24-31-83-37-43-89-47-41-87-35-29-73(30-36-88-42-48-90-44-38-84-32-25-61(77)70-27-12-11-18-58(69-2)66(68)82)64(80)51-72-62(78)26-33-85-39-45-91-49-50-92-46-40-86-34-28-71-60(76)22-23-63(79)74-52-56-16-8-7-14-54(56)20-21-55-15-9-10-19-59(55)74/h7-10,14-16,19,53,58,69H,3-6,11-13,17-18,22-52H2,1-2H3,(H2,67,81)(H2,68,82)(H,70,77)(H,71,76)(H,72,78)/t53-,58-/m0/s1. The van der Waals surface area contributed by atoms with Crippen molar-refractivity contribution in [3.05, 3.63) is 65.2 Å². The number of hydrogen-bond donors (Lipinski definition) is 6. The number of likely N-dealkylation sites (N-methyl/N-ethyl adjacent to an activating group) is 1. The minimum absolute atomic E-state index is 0.0386. The second-order valence-corrected chi connectivity index (χ2v) is 21.5. The molecule has 2 aromatic carbocycles. The van der Waals surface area contributed by atoms with Crippen LogP contribution in [0.25, 0.3) is 0 Å². The van der Waals surface area contributed by atoms with Gasteiger partial charge in [-0.15, -0.1) is 0 Å². The number of benzene rings is 2. The predicted molar refractivity (Wildman–Crippen MR) is 344 cm³/mol. The van der Waals surface area contributed by atoms with E-state index in [4.69, 9.17) is 58.8 Å². The molecule has 0 spiro atoms. The summed E-state index contributed by atoms with van der Waals surface area (Å²) in [6.07, 6.45) is 7.25. The number of rotatable bonds is 59. The van der Waals surface area contributed by atoms with E-state index >= 15 is 0 Å². The lowest BCUT2D eigenvalue weighted by Crippen LogP contribution is -2.43. The van der Waals surface area contributed by atoms with Crippen molar-refractivity contribution in [3.8, 4) is 11.8 Å². The lowest BCUT2D eigenvalue weighted by molar-refractivity contribution is -0.134. The van der Waals surface area contributed by atoms with Crippen molar-refractivity contribution in [2.45, 2.75) is 109 Å². The van der Waals surface area contributed by atoms with Crippen LogP contribution in [0.4, 0.5) is 5.69 Å². The summed E-state index contributed by atoms with van der Waals surface area (Å²) in [7, 11) is 1.68. The van der Waals surface area contributed by atoms with Gasteiger partial charge in [0, 0.05) is 81.7 Å². The van der Waals surface area contributed by atoms with E-state index in [2.05, 4.69) is 33.1 Å². The molecule has 26 heteroatoms. The first-order valence-corrected chi connectivity index (χ1v) is 32.4. The number of hydrogen-bond acceptors (Lipinski definition) is 19. The Morgan fingerprint density at radius 3 is 1.53 bits per heavy atom. The summed E-state index contributed by atoms with van der Waals surface area (Å²) < 4.78 is 55.9. The SMILES string of the molecule is CC[C@@H](CCCCCC(=O)CCOCCOCCOCCN(CCOCCOCCOCCC(=O)NCCCC[C@H](NC)C(N)=O)C(=O)CNC(=O)CCOCCOCCOCCOCCNC(=O)CCC(=O)N1Cc2ccccc2C#Cc2ccccc21)C(N)=O. The summed E-state index contributed by atoms with van der Waals surface area (Å²) in [6, 6.07) is 14.9. The van der Waals surface area contributed by atoms with Gasteiger partial charge in [0.1, 0.15) is 5.78 Å². The van der Waals surface area contributed by atoms with Crippen LogP contribution in [0.2, 0.25) is 0 Å². The Bertz CT molecular complexity index is 2420. The molecule has 0 saturated heterocycles. The van der Waals surface area contributed by atoms with Gasteiger partial charge in [0.2, 0.25) is 41.4 Å². The highest BCUT2D eigenvalue weighted by Crippen LogP contribution is 2.26. The van der Waals surface area contributed by atoms with Crippen molar-refractivity contribution in [1.29, 1.82) is 0 Å². The van der Waals surface area contributed by atoms with E-state index in [0.717, 1.165) is 67.3 Å². The van der Waals surface area contributed by atoms with Gasteiger partial charge in [-0.1, -0.05) is 61.9 Å². The zero-order valence-electron chi connectivity index (χ0n) is 54.5. The van der Waals surface area contributed by atoms with E-state index in [1.54, 1.807) is 16.8 Å². The average molecular weight is 1300 g/mol. The maximum atomic E-state index is 13.4. The molecule has 0 bridgehead atoms. The summed E-state index contributed by atoms with van der Waals surface area (Å²) in [5.74, 6) is 4.56. The molecule has 516 valence electrons. The molecule has 0 aliphatic carbocycles. The fraction of sp³-hybridized carbons (Fsp3) is 0.667. The third kappa shape index (κ3) is 39.2. The van der Waals surface area contributed by atoms with Gasteiger partial charge in [-0.2, -0.15) is 0 Å². The quantitative estimate of drug-likeness (QED) is 0.0409. The third-order valence-electron chi connectivity index (χ3n) is 14.5. The molecule has 8 N–H and O–H groups in total. The largest absolute Gasteiger partial charge is 0.379 e. The molecule has 3 rings (SSSR count). The van der Waals surface area contributed by atoms with E-state index in [1.165, 1.54) is 0 Å². The third-order valence-corrected chi connectivity index (χ3v) is 14.5. The van der Waals surface area contributed by atoms with Crippen molar-refractivity contribution < 1.29 is 85.7 Å². The number of nitrogens with zero attached hydrogens (tertiary/aromatic N) is 2. The maximum Gasteiger partial charge on any atom is 0.242 e. The molecule has 26 nitrogen and oxygen atoms in total. The van der Waals surface area contributed by atoms with Crippen molar-refractivity contribution in [1.82, 2.24) is 26.2 Å². The molecular weight excluding hydrogens is 1190 g/mol. The number of carbonyl (C=O) groups excluding carboxylic acids is 8. The number of ether oxygens (including phenoxy) is 10. The Labute approximate surface area is 543 Å². The Hall–Kier alpha value is -6.48. The Kier molecular flexibility index (Phi) is 45.9. The maximum absolute atomic E-state index is 13.4. The summed E-state index contributed by atoms with van der Waals surface area (Å²) in [6.45, 7) is 8.99. The second kappa shape index (κ2) is 53.0. The van der Waals surface area contributed by atoms with Gasteiger partial charge in [0.05, 0.1) is 157 Å². The minimum atomic E-state index is -0.396. The van der Waals surface area contributed by atoms with Crippen LogP contribution in [-0.4, -0.2) is 230 Å². The number of nitrogens with two attached hydrogens (primary N) is 2. The summed E-state index contributed by atoms with van der Waals surface area (Å²) in [4.78, 5) is 102. The van der Waals surface area contributed by atoms with Crippen LogP contribution in [0.1, 0.15) is 114 Å². The molecule has 1 aliphatic rings. The van der Waals surface area contributed by atoms with Gasteiger partial charge in [-0.05, 0) is 69.3 Å². The molecular formula is C66H104N8O18. The lowest BCUT2D eigenvalue weighted by Gasteiger charge is -2.26. The predicted octanol–water partition coefficient (Wildman–Crippen LogP) is 2.50. The number of amides is 7. The highest BCUT2D eigenvalue weighted by Gasteiger charge is 2.22. The molecule has 0 saturated carbocycles. The lowest BCUT2D eigenvalue weighted by atomic mass is 9.97. The number of anilines is 1. The fourth-order valence-corrected chi connectivity index (χ4v) is 9.14. The summed E-state index contributed by atoms with van der Waals surface area (Å²) in [5, 5.41) is 11.2. The van der Waals surface area contributed by atoms with Crippen LogP contribution in [0.3, 0.4) is 0 Å². The topological polar surface area (TPSA) is 335 Å². The number of carbonyl (C=O) groups is 8. The van der Waals surface area contributed by atoms with Crippen molar-refractivity contribution >= 4 is 52.8 Å². The number of fused-ring (bicyclic) bond motifs is 2. The highest BCUT2D eigenvalue weighted by molar-refractivity contribution is 5.97. The van der Waals surface area contributed by atoms with Gasteiger partial charge < -0.3 is 89.9 Å². The Morgan fingerprint density at radius 2 is 0.967 bits per heavy atom. The Balaban J connectivity index is 1.21. The van der Waals surface area contributed by atoms with Gasteiger partial charge in [-0.3, -0.25) is 38.4 Å². The number of unbranched alkanes of at least 4 members (excludes halogenated alkanes) is 3. The van der Waals surface area contributed by atoms with Crippen LogP contribution in [0.15, 0.2) is 48.5 Å². The first kappa shape index (κ1) is 79.8. The zero-order valence-corrected chi connectivity index (χ0v) is 54.5. The first-order chi connectivity index (χ1) is 44.8. The number of Topliss-reactive ketones (excluding diaryl/α,β-unsaturated/α-hetero) is 1. The van der Waals surface area contributed by atoms with Crippen LogP contribution in [-0.2, 0) is 92.3 Å². The van der Waals surface area contributed by atoms with Crippen molar-refractivity contribution in [3.63, 3.8) is 0 Å². The molecule has 0 fully saturated rings. The molecule has 2 aromatic rings. The minimum Gasteiger partial charge on any atom is -0.379 e. The first-order valence-electron chi connectivity index (χ1n) is 32.4. The van der Waals surface area contributed by atoms with Crippen LogP contribution >= 0.6 is 0 Å². The zero-order chi connectivity index (χ0) is 66.5. The molecule has 0 unspecified atom stereocenters. The molecule has 2 atom stereocenters. The summed E-state index contributed by atoms with van der Waals surface area (Å²) in [5.41, 5.74) is 14.0. The Morgan fingerprint density at radius 1 is 0.489 bits per heavy atom. The van der Waals surface area contributed by atoms with E-state index in [0.29, 0.717) is 105 Å².